The first-order chi connectivity index (χ1) is 15.2. The van der Waals surface area contributed by atoms with Crippen molar-refractivity contribution in [2.45, 2.75) is 26.3 Å². The molecule has 1 aromatic heterocycles. The summed E-state index contributed by atoms with van der Waals surface area (Å²) >= 11 is 0. The van der Waals surface area contributed by atoms with Crippen molar-refractivity contribution in [2.75, 3.05) is 20.3 Å². The van der Waals surface area contributed by atoms with Crippen LogP contribution in [0.4, 0.5) is 0 Å². The molecule has 4 rings (SSSR count). The van der Waals surface area contributed by atoms with E-state index in [4.69, 9.17) is 18.6 Å². The largest absolute Gasteiger partial charge is 0.493 e. The molecule has 1 fully saturated rings. The molecule has 1 aliphatic rings. The number of nitrogens with one attached hydrogen (secondary N) is 1. The lowest BCUT2D eigenvalue weighted by Crippen LogP contribution is -2.23. The van der Waals surface area contributed by atoms with Crippen molar-refractivity contribution in [2.24, 2.45) is 5.92 Å². The number of amides is 1. The van der Waals surface area contributed by atoms with Gasteiger partial charge in [0.1, 0.15) is 12.0 Å². The summed E-state index contributed by atoms with van der Waals surface area (Å²) in [4.78, 5) is 17.1. The van der Waals surface area contributed by atoms with Gasteiger partial charge < -0.3 is 23.9 Å². The molecule has 0 bridgehead atoms. The van der Waals surface area contributed by atoms with E-state index in [1.807, 2.05) is 31.2 Å². The summed E-state index contributed by atoms with van der Waals surface area (Å²) < 4.78 is 22.5. The number of aromatic nitrogens is 1. The van der Waals surface area contributed by atoms with Crippen molar-refractivity contribution in [1.82, 2.24) is 10.3 Å². The molecule has 2 aromatic carbocycles. The van der Waals surface area contributed by atoms with Crippen LogP contribution in [0.5, 0.6) is 17.2 Å². The van der Waals surface area contributed by atoms with E-state index in [1.54, 1.807) is 31.6 Å². The minimum atomic E-state index is -0.228. The molecule has 31 heavy (non-hydrogen) atoms. The van der Waals surface area contributed by atoms with Gasteiger partial charge in [-0.05, 0) is 56.0 Å². The summed E-state index contributed by atoms with van der Waals surface area (Å²) in [5.74, 6) is 2.77. The van der Waals surface area contributed by atoms with Crippen LogP contribution in [0.1, 0.15) is 35.8 Å². The van der Waals surface area contributed by atoms with E-state index < -0.39 is 0 Å². The monoisotopic (exact) mass is 422 g/mol. The number of para-hydroxylation sites is 1. The molecule has 1 amide bonds. The van der Waals surface area contributed by atoms with Crippen molar-refractivity contribution >= 4 is 5.91 Å². The third-order valence-corrected chi connectivity index (χ3v) is 5.00. The number of hydrogen-bond donors (Lipinski definition) is 1. The average molecular weight is 422 g/mol. The first-order valence-corrected chi connectivity index (χ1v) is 10.4. The fraction of sp³-hybridized carbons (Fsp3) is 0.333. The van der Waals surface area contributed by atoms with Crippen LogP contribution in [-0.2, 0) is 6.54 Å². The van der Waals surface area contributed by atoms with E-state index in [2.05, 4.69) is 10.3 Å². The molecule has 7 heteroatoms. The molecule has 3 aromatic rings. The van der Waals surface area contributed by atoms with Gasteiger partial charge in [-0.15, -0.1) is 0 Å². The van der Waals surface area contributed by atoms with Gasteiger partial charge in [-0.3, -0.25) is 4.79 Å². The third-order valence-electron chi connectivity index (χ3n) is 5.00. The average Bonchev–Trinajstić information content (AvgIpc) is 3.51. The fourth-order valence-corrected chi connectivity index (χ4v) is 3.14. The van der Waals surface area contributed by atoms with Crippen LogP contribution in [-0.4, -0.2) is 31.2 Å². The number of nitrogens with zero attached hydrogens (tertiary/aromatic N) is 1. The van der Waals surface area contributed by atoms with Gasteiger partial charge in [0, 0.05) is 5.56 Å². The highest BCUT2D eigenvalue weighted by Crippen LogP contribution is 2.35. The van der Waals surface area contributed by atoms with Crippen molar-refractivity contribution in [3.05, 3.63) is 60.0 Å². The van der Waals surface area contributed by atoms with Crippen LogP contribution in [0.3, 0.4) is 0 Å². The summed E-state index contributed by atoms with van der Waals surface area (Å²) in [7, 11) is 1.62. The first kappa shape index (κ1) is 20.8. The normalized spacial score (nSPS) is 13.0. The Hall–Kier alpha value is -3.48. The second kappa shape index (κ2) is 9.55. The molecular formula is C24H26N2O5. The van der Waals surface area contributed by atoms with Gasteiger partial charge in [-0.25, -0.2) is 4.98 Å². The number of carbonyl (C=O) groups is 1. The van der Waals surface area contributed by atoms with Gasteiger partial charge in [-0.2, -0.15) is 0 Å². The van der Waals surface area contributed by atoms with Crippen molar-refractivity contribution in [1.29, 1.82) is 0 Å². The molecule has 0 atom stereocenters. The lowest BCUT2D eigenvalue weighted by molar-refractivity contribution is 0.0946. The third kappa shape index (κ3) is 5.17. The summed E-state index contributed by atoms with van der Waals surface area (Å²) in [5, 5.41) is 2.86. The Labute approximate surface area is 181 Å². The SMILES string of the molecule is CCOc1ccccc1C(=O)NCc1coc(-c2ccc(OC)c(OCC3CC3)c2)n1. The minimum absolute atomic E-state index is 0.228. The maximum atomic E-state index is 12.6. The molecule has 1 aliphatic carbocycles. The highest BCUT2D eigenvalue weighted by Gasteiger charge is 2.23. The molecular weight excluding hydrogens is 396 g/mol. The predicted molar refractivity (Wildman–Crippen MR) is 115 cm³/mol. The van der Waals surface area contributed by atoms with Crippen LogP contribution in [0.2, 0.25) is 0 Å². The Morgan fingerprint density at radius 3 is 2.74 bits per heavy atom. The zero-order valence-electron chi connectivity index (χ0n) is 17.7. The van der Waals surface area contributed by atoms with E-state index in [-0.39, 0.29) is 12.5 Å². The number of benzene rings is 2. The van der Waals surface area contributed by atoms with Crippen molar-refractivity contribution in [3.63, 3.8) is 0 Å². The Balaban J connectivity index is 1.42. The number of carbonyl (C=O) groups excluding carboxylic acids is 1. The second-order valence-corrected chi connectivity index (χ2v) is 7.38. The Kier molecular flexibility index (Phi) is 6.40. The van der Waals surface area contributed by atoms with E-state index in [1.165, 1.54) is 12.8 Å². The van der Waals surface area contributed by atoms with Gasteiger partial charge in [0.15, 0.2) is 11.5 Å². The lowest BCUT2D eigenvalue weighted by atomic mass is 10.2. The number of methoxy groups -OCH3 is 1. The number of rotatable bonds is 10. The second-order valence-electron chi connectivity index (χ2n) is 7.38. The van der Waals surface area contributed by atoms with Crippen LogP contribution >= 0.6 is 0 Å². The fourth-order valence-electron chi connectivity index (χ4n) is 3.14. The Bertz CT molecular complexity index is 1040. The number of hydrogen-bond acceptors (Lipinski definition) is 6. The molecule has 0 aliphatic heterocycles. The van der Waals surface area contributed by atoms with Crippen LogP contribution in [0.25, 0.3) is 11.5 Å². The predicted octanol–water partition coefficient (Wildman–Crippen LogP) is 4.47. The van der Waals surface area contributed by atoms with E-state index in [9.17, 15) is 4.79 Å². The van der Waals surface area contributed by atoms with Crippen molar-refractivity contribution in [3.8, 4) is 28.7 Å². The quantitative estimate of drug-likeness (QED) is 0.519. The minimum Gasteiger partial charge on any atom is -0.493 e. The topological polar surface area (TPSA) is 82.8 Å². The molecule has 0 spiro atoms. The molecule has 0 unspecified atom stereocenters. The Morgan fingerprint density at radius 2 is 1.97 bits per heavy atom. The first-order valence-electron chi connectivity index (χ1n) is 10.4. The highest BCUT2D eigenvalue weighted by atomic mass is 16.5. The maximum absolute atomic E-state index is 12.6. The molecule has 162 valence electrons. The van der Waals surface area contributed by atoms with Crippen LogP contribution < -0.4 is 19.5 Å². The summed E-state index contributed by atoms with van der Waals surface area (Å²) in [6, 6.07) is 12.7. The zero-order chi connectivity index (χ0) is 21.6. The maximum Gasteiger partial charge on any atom is 0.255 e. The molecule has 7 nitrogen and oxygen atoms in total. The summed E-state index contributed by atoms with van der Waals surface area (Å²) in [6.07, 6.45) is 3.97. The van der Waals surface area contributed by atoms with Gasteiger partial charge in [0.25, 0.3) is 5.91 Å². The summed E-state index contributed by atoms with van der Waals surface area (Å²) in [5.41, 5.74) is 1.89. The molecule has 0 saturated heterocycles. The standard InChI is InChI=1S/C24H26N2O5/c1-3-29-20-7-5-4-6-19(20)23(27)25-13-18-15-31-24(26-18)17-10-11-21(28-2)22(12-17)30-14-16-8-9-16/h4-7,10-12,15-16H,3,8-9,13-14H2,1-2H3,(H,25,27). The number of oxazole rings is 1. The molecule has 1 saturated carbocycles. The number of ether oxygens (including phenoxy) is 3. The van der Waals surface area contributed by atoms with Gasteiger partial charge >= 0.3 is 0 Å². The van der Waals surface area contributed by atoms with Crippen molar-refractivity contribution < 1.29 is 23.4 Å². The van der Waals surface area contributed by atoms with E-state index in [0.717, 1.165) is 5.56 Å². The molecule has 1 N–H and O–H groups in total. The van der Waals surface area contributed by atoms with Gasteiger partial charge in [-0.1, -0.05) is 12.1 Å². The summed E-state index contributed by atoms with van der Waals surface area (Å²) in [6.45, 7) is 3.30. The highest BCUT2D eigenvalue weighted by molar-refractivity contribution is 5.96. The van der Waals surface area contributed by atoms with E-state index >= 15 is 0 Å². The zero-order valence-corrected chi connectivity index (χ0v) is 17.7. The van der Waals surface area contributed by atoms with Crippen LogP contribution in [0, 0.1) is 5.92 Å². The lowest BCUT2D eigenvalue weighted by Gasteiger charge is -2.11. The Morgan fingerprint density at radius 1 is 1.13 bits per heavy atom. The van der Waals surface area contributed by atoms with Gasteiger partial charge in [0.2, 0.25) is 5.89 Å². The molecule has 0 radical (unpaired) electrons. The molecule has 1 heterocycles. The van der Waals surface area contributed by atoms with Gasteiger partial charge in [0.05, 0.1) is 38.1 Å². The van der Waals surface area contributed by atoms with Crippen LogP contribution in [0.15, 0.2) is 53.1 Å². The smallest absolute Gasteiger partial charge is 0.255 e. The van der Waals surface area contributed by atoms with E-state index in [0.29, 0.717) is 53.5 Å².